The van der Waals surface area contributed by atoms with Gasteiger partial charge in [0, 0.05) is 32.0 Å². The van der Waals surface area contributed by atoms with Gasteiger partial charge in [0.05, 0.1) is 11.8 Å². The van der Waals surface area contributed by atoms with E-state index < -0.39 is 23.3 Å². The number of nitrogens with zero attached hydrogens (tertiary/aromatic N) is 2. The predicted octanol–water partition coefficient (Wildman–Crippen LogP) is 0.748. The Morgan fingerprint density at radius 1 is 1.31 bits per heavy atom. The van der Waals surface area contributed by atoms with Crippen molar-refractivity contribution in [1.29, 1.82) is 0 Å². The molecule has 0 aliphatic carbocycles. The van der Waals surface area contributed by atoms with Gasteiger partial charge in [-0.2, -0.15) is 5.10 Å². The Kier molecular flexibility index (Phi) is 6.07. The first-order valence-corrected chi connectivity index (χ1v) is 9.28. The van der Waals surface area contributed by atoms with E-state index in [0.717, 1.165) is 0 Å². The molecular weight excluding hydrogens is 381 g/mol. The van der Waals surface area contributed by atoms with Gasteiger partial charge in [-0.3, -0.25) is 14.4 Å². The van der Waals surface area contributed by atoms with Gasteiger partial charge < -0.3 is 15.1 Å². The van der Waals surface area contributed by atoms with Crippen LogP contribution in [0.15, 0.2) is 41.2 Å². The summed E-state index contributed by atoms with van der Waals surface area (Å²) in [5.74, 6) is -1.99. The second kappa shape index (κ2) is 8.52. The molecule has 0 spiro atoms. The van der Waals surface area contributed by atoms with E-state index in [2.05, 4.69) is 10.2 Å². The molecule has 1 aromatic carbocycles. The molecular formula is C20H22FN3O5. The number of aryl methyl sites for hydroxylation is 1. The molecule has 1 saturated heterocycles. The Balaban J connectivity index is 1.74. The molecule has 2 atom stereocenters. The van der Waals surface area contributed by atoms with Gasteiger partial charge in [0.15, 0.2) is 0 Å². The molecule has 2 aromatic rings. The molecule has 0 radical (unpaired) electrons. The number of piperidine rings is 1. The second-order valence-corrected chi connectivity index (χ2v) is 7.30. The molecule has 1 fully saturated rings. The average Bonchev–Trinajstić information content (AvgIpc) is 2.69. The van der Waals surface area contributed by atoms with Gasteiger partial charge in [0.25, 0.3) is 5.56 Å². The summed E-state index contributed by atoms with van der Waals surface area (Å²) in [5, 5.41) is 26.5. The monoisotopic (exact) mass is 403 g/mol. The quantitative estimate of drug-likeness (QED) is 0.654. The van der Waals surface area contributed by atoms with Crippen LogP contribution in [0.1, 0.15) is 24.1 Å². The molecule has 154 valence electrons. The van der Waals surface area contributed by atoms with Crippen LogP contribution in [0.25, 0.3) is 0 Å². The number of aliphatic hydroxyl groups is 1. The number of carbonyl (C=O) groups excluding carboxylic acids is 1. The number of nitrogens with one attached hydrogen (secondary N) is 1. The van der Waals surface area contributed by atoms with E-state index in [1.165, 1.54) is 35.2 Å². The van der Waals surface area contributed by atoms with Crippen molar-refractivity contribution in [3.63, 3.8) is 0 Å². The number of hydrogen-bond acceptors (Lipinski definition) is 5. The number of H-pyrrole nitrogens is 1. The van der Waals surface area contributed by atoms with E-state index in [1.54, 1.807) is 6.07 Å². The van der Waals surface area contributed by atoms with Crippen LogP contribution in [0, 0.1) is 11.2 Å². The number of likely N-dealkylation sites (tertiary alicyclic amines) is 1. The third kappa shape index (κ3) is 4.68. The number of aliphatic hydroxyl groups excluding tert-OH is 1. The number of amides is 1. The minimum Gasteiger partial charge on any atom is -0.481 e. The predicted molar refractivity (Wildman–Crippen MR) is 101 cm³/mol. The second-order valence-electron chi connectivity index (χ2n) is 7.30. The van der Waals surface area contributed by atoms with E-state index in [0.29, 0.717) is 17.7 Å². The first kappa shape index (κ1) is 20.7. The highest BCUT2D eigenvalue weighted by atomic mass is 19.1. The van der Waals surface area contributed by atoms with Crippen molar-refractivity contribution in [3.8, 4) is 0 Å². The SMILES string of the molecule is O=C(CCc1ccc(=O)[nH]n1)N1CC[C@H](O)[C@](Cc2cccc(F)c2)(C(=O)O)C1. The van der Waals surface area contributed by atoms with Crippen molar-refractivity contribution in [3.05, 3.63) is 63.8 Å². The summed E-state index contributed by atoms with van der Waals surface area (Å²) in [6.45, 7) is 0.0646. The molecule has 0 bridgehead atoms. The van der Waals surface area contributed by atoms with Crippen molar-refractivity contribution in [2.45, 2.75) is 31.8 Å². The van der Waals surface area contributed by atoms with E-state index in [4.69, 9.17) is 0 Å². The number of carbonyl (C=O) groups is 2. The first-order valence-electron chi connectivity index (χ1n) is 9.28. The number of aromatic nitrogens is 2. The molecule has 2 heterocycles. The van der Waals surface area contributed by atoms with Crippen molar-refractivity contribution < 1.29 is 24.2 Å². The van der Waals surface area contributed by atoms with Gasteiger partial charge in [-0.25, -0.2) is 9.49 Å². The van der Waals surface area contributed by atoms with E-state index in [1.807, 2.05) is 0 Å². The lowest BCUT2D eigenvalue weighted by molar-refractivity contribution is -0.165. The third-order valence-corrected chi connectivity index (χ3v) is 5.30. The van der Waals surface area contributed by atoms with Gasteiger partial charge in [0.2, 0.25) is 5.91 Å². The standard InChI is InChI=1S/C20H22FN3O5/c21-14-3-1-2-13(10-14)11-20(19(28)29)12-24(9-8-16(20)25)18(27)7-5-15-4-6-17(26)23-22-15/h1-4,6,10,16,25H,5,7-9,11-12H2,(H,23,26)(H,28,29)/t16-,20+/m0/s1. The topological polar surface area (TPSA) is 124 Å². The molecule has 1 aromatic heterocycles. The number of benzene rings is 1. The fourth-order valence-corrected chi connectivity index (χ4v) is 3.67. The van der Waals surface area contributed by atoms with Crippen LogP contribution in [-0.2, 0) is 22.4 Å². The number of rotatable bonds is 6. The Labute approximate surface area is 166 Å². The molecule has 0 unspecified atom stereocenters. The highest BCUT2D eigenvalue weighted by Gasteiger charge is 2.50. The van der Waals surface area contributed by atoms with Crippen molar-refractivity contribution in [1.82, 2.24) is 15.1 Å². The summed E-state index contributed by atoms with van der Waals surface area (Å²) in [5.41, 5.74) is -0.969. The number of halogens is 1. The van der Waals surface area contributed by atoms with Crippen LogP contribution in [0.4, 0.5) is 4.39 Å². The summed E-state index contributed by atoms with van der Waals surface area (Å²) < 4.78 is 13.5. The van der Waals surface area contributed by atoms with Crippen LogP contribution >= 0.6 is 0 Å². The zero-order valence-electron chi connectivity index (χ0n) is 15.7. The lowest BCUT2D eigenvalue weighted by atomic mass is 9.72. The molecule has 1 amide bonds. The first-order chi connectivity index (χ1) is 13.8. The Hall–Kier alpha value is -3.07. The minimum absolute atomic E-state index is 0.0881. The largest absolute Gasteiger partial charge is 0.481 e. The highest BCUT2D eigenvalue weighted by Crippen LogP contribution is 2.35. The minimum atomic E-state index is -1.61. The van der Waals surface area contributed by atoms with Gasteiger partial charge in [-0.05, 0) is 36.6 Å². The lowest BCUT2D eigenvalue weighted by Gasteiger charge is -2.43. The molecule has 3 N–H and O–H groups in total. The number of carboxylic acids is 1. The van der Waals surface area contributed by atoms with E-state index in [9.17, 15) is 29.0 Å². The normalized spacial score (nSPS) is 21.7. The maximum Gasteiger partial charge on any atom is 0.314 e. The van der Waals surface area contributed by atoms with Crippen LogP contribution < -0.4 is 5.56 Å². The molecule has 1 aliphatic rings. The van der Waals surface area contributed by atoms with Crippen LogP contribution in [0.5, 0.6) is 0 Å². The number of aromatic amines is 1. The Morgan fingerprint density at radius 3 is 2.76 bits per heavy atom. The van der Waals surface area contributed by atoms with Crippen molar-refractivity contribution >= 4 is 11.9 Å². The maximum absolute atomic E-state index is 13.5. The summed E-state index contributed by atoms with van der Waals surface area (Å²) in [6.07, 6.45) is -0.756. The van der Waals surface area contributed by atoms with Crippen molar-refractivity contribution in [2.24, 2.45) is 5.41 Å². The fraction of sp³-hybridized carbons (Fsp3) is 0.400. The Bertz CT molecular complexity index is 943. The zero-order valence-corrected chi connectivity index (χ0v) is 15.7. The smallest absolute Gasteiger partial charge is 0.314 e. The van der Waals surface area contributed by atoms with E-state index >= 15 is 0 Å². The summed E-state index contributed by atoms with van der Waals surface area (Å²) in [4.78, 5) is 37.2. The molecule has 9 heteroatoms. The van der Waals surface area contributed by atoms with Crippen molar-refractivity contribution in [2.75, 3.05) is 13.1 Å². The van der Waals surface area contributed by atoms with E-state index in [-0.39, 0.29) is 43.8 Å². The zero-order chi connectivity index (χ0) is 21.0. The molecule has 1 aliphatic heterocycles. The maximum atomic E-state index is 13.5. The van der Waals surface area contributed by atoms with Crippen LogP contribution in [0.2, 0.25) is 0 Å². The molecule has 29 heavy (non-hydrogen) atoms. The molecule has 8 nitrogen and oxygen atoms in total. The molecule has 3 rings (SSSR count). The van der Waals surface area contributed by atoms with Gasteiger partial charge >= 0.3 is 5.97 Å². The highest BCUT2D eigenvalue weighted by molar-refractivity contribution is 5.80. The number of hydrogen-bond donors (Lipinski definition) is 3. The number of aliphatic carboxylic acids is 1. The van der Waals surface area contributed by atoms with Gasteiger partial charge in [0.1, 0.15) is 11.2 Å². The number of carboxylic acid groups (broad SMARTS) is 1. The van der Waals surface area contributed by atoms with Crippen LogP contribution in [0.3, 0.4) is 0 Å². The average molecular weight is 403 g/mol. The summed E-state index contributed by atoms with van der Waals surface area (Å²) in [6, 6.07) is 8.42. The summed E-state index contributed by atoms with van der Waals surface area (Å²) in [7, 11) is 0. The van der Waals surface area contributed by atoms with Gasteiger partial charge in [-0.1, -0.05) is 12.1 Å². The lowest BCUT2D eigenvalue weighted by Crippen LogP contribution is -2.58. The Morgan fingerprint density at radius 2 is 2.10 bits per heavy atom. The fourth-order valence-electron chi connectivity index (χ4n) is 3.67. The molecule has 0 saturated carbocycles. The summed E-state index contributed by atoms with van der Waals surface area (Å²) >= 11 is 0. The third-order valence-electron chi connectivity index (χ3n) is 5.30. The van der Waals surface area contributed by atoms with Gasteiger partial charge in [-0.15, -0.1) is 0 Å². The van der Waals surface area contributed by atoms with Crippen LogP contribution in [-0.4, -0.2) is 56.4 Å².